The number of nitrogens with two attached hydrogens (primary N) is 1. The largest absolute Gasteiger partial charge is 0.324 e. The second kappa shape index (κ2) is 6.66. The number of rotatable bonds is 4. The van der Waals surface area contributed by atoms with Crippen LogP contribution in [0.5, 0.6) is 0 Å². The van der Waals surface area contributed by atoms with Gasteiger partial charge in [0, 0.05) is 15.5 Å². The smallest absolute Gasteiger partial charge is 0.0676 e. The quantitative estimate of drug-likeness (QED) is 0.902. The molecule has 1 unspecified atom stereocenters. The van der Waals surface area contributed by atoms with E-state index in [1.165, 1.54) is 0 Å². The molecule has 2 aromatic rings. The first-order valence-electron chi connectivity index (χ1n) is 6.54. The van der Waals surface area contributed by atoms with Crippen molar-refractivity contribution in [1.82, 2.24) is 10.2 Å². The Hall–Kier alpha value is -0.970. The van der Waals surface area contributed by atoms with Crippen molar-refractivity contribution in [3.63, 3.8) is 0 Å². The van der Waals surface area contributed by atoms with Gasteiger partial charge in [0.25, 0.3) is 0 Å². The van der Waals surface area contributed by atoms with E-state index in [4.69, 9.17) is 17.3 Å². The minimum atomic E-state index is -0.127. The minimum Gasteiger partial charge on any atom is -0.324 e. The molecule has 1 heterocycles. The first-order chi connectivity index (χ1) is 9.51. The average Bonchev–Trinajstić information content (AvgIpc) is 2.41. The van der Waals surface area contributed by atoms with E-state index in [2.05, 4.69) is 33.1 Å². The fourth-order valence-corrected chi connectivity index (χ4v) is 2.91. The SMILES string of the molecule is CCc1nnc(C)cc1C(N)Cc1ccc(Br)cc1Cl. The summed E-state index contributed by atoms with van der Waals surface area (Å²) in [4.78, 5) is 0. The molecule has 1 aromatic carbocycles. The lowest BCUT2D eigenvalue weighted by Crippen LogP contribution is -2.17. The van der Waals surface area contributed by atoms with E-state index in [-0.39, 0.29) is 6.04 Å². The van der Waals surface area contributed by atoms with Crippen LogP contribution < -0.4 is 5.73 Å². The molecule has 2 rings (SSSR count). The molecule has 0 spiro atoms. The van der Waals surface area contributed by atoms with E-state index in [1.807, 2.05) is 31.2 Å². The van der Waals surface area contributed by atoms with Crippen molar-refractivity contribution < 1.29 is 0 Å². The second-order valence-electron chi connectivity index (χ2n) is 4.79. The summed E-state index contributed by atoms with van der Waals surface area (Å²) >= 11 is 9.66. The summed E-state index contributed by atoms with van der Waals surface area (Å²) in [6.45, 7) is 3.98. The maximum absolute atomic E-state index is 6.34. The summed E-state index contributed by atoms with van der Waals surface area (Å²) in [5, 5.41) is 9.05. The van der Waals surface area contributed by atoms with E-state index in [1.54, 1.807) is 0 Å². The molecule has 0 bridgehead atoms. The Morgan fingerprint density at radius 3 is 2.70 bits per heavy atom. The van der Waals surface area contributed by atoms with E-state index in [9.17, 15) is 0 Å². The standard InChI is InChI=1S/C15H17BrClN3/c1-3-15-12(6-9(2)19-20-15)14(18)7-10-4-5-11(16)8-13(10)17/h4-6,8,14H,3,7,18H2,1-2H3. The molecule has 0 aliphatic carbocycles. The molecule has 0 aliphatic rings. The van der Waals surface area contributed by atoms with Gasteiger partial charge in [-0.25, -0.2) is 0 Å². The number of aromatic nitrogens is 2. The van der Waals surface area contributed by atoms with Crippen LogP contribution in [-0.2, 0) is 12.8 Å². The summed E-state index contributed by atoms with van der Waals surface area (Å²) in [7, 11) is 0. The second-order valence-corrected chi connectivity index (χ2v) is 6.11. The van der Waals surface area contributed by atoms with Gasteiger partial charge in [0.15, 0.2) is 0 Å². The van der Waals surface area contributed by atoms with Crippen LogP contribution in [0.2, 0.25) is 5.02 Å². The lowest BCUT2D eigenvalue weighted by molar-refractivity contribution is 0.691. The molecule has 0 saturated heterocycles. The average molecular weight is 355 g/mol. The highest BCUT2D eigenvalue weighted by molar-refractivity contribution is 9.10. The van der Waals surface area contributed by atoms with Gasteiger partial charge in [-0.05, 0) is 49.1 Å². The molecule has 0 fully saturated rings. The third-order valence-corrected chi connectivity index (χ3v) is 4.06. The molecule has 1 aromatic heterocycles. The first kappa shape index (κ1) is 15.4. The van der Waals surface area contributed by atoms with Crippen molar-refractivity contribution in [3.8, 4) is 0 Å². The maximum Gasteiger partial charge on any atom is 0.0676 e. The predicted octanol–water partition coefficient (Wildman–Crippen LogP) is 4.01. The van der Waals surface area contributed by atoms with E-state index < -0.39 is 0 Å². The highest BCUT2D eigenvalue weighted by atomic mass is 79.9. The molecule has 3 nitrogen and oxygen atoms in total. The normalized spacial score (nSPS) is 12.4. The highest BCUT2D eigenvalue weighted by Gasteiger charge is 2.14. The van der Waals surface area contributed by atoms with Crippen LogP contribution in [0.3, 0.4) is 0 Å². The number of hydrogen-bond acceptors (Lipinski definition) is 3. The molecule has 0 aliphatic heterocycles. The molecule has 0 radical (unpaired) electrons. The first-order valence-corrected chi connectivity index (χ1v) is 7.71. The Morgan fingerprint density at radius 1 is 1.30 bits per heavy atom. The Balaban J connectivity index is 2.27. The summed E-state index contributed by atoms with van der Waals surface area (Å²) < 4.78 is 0.968. The van der Waals surface area contributed by atoms with Crippen LogP contribution in [0.4, 0.5) is 0 Å². The van der Waals surface area contributed by atoms with Crippen LogP contribution in [0.25, 0.3) is 0 Å². The van der Waals surface area contributed by atoms with Gasteiger partial charge in [-0.2, -0.15) is 10.2 Å². The number of hydrogen-bond donors (Lipinski definition) is 1. The Labute approximate surface area is 132 Å². The number of halogens is 2. The van der Waals surface area contributed by atoms with Crippen molar-refractivity contribution in [3.05, 3.63) is 56.3 Å². The Morgan fingerprint density at radius 2 is 2.05 bits per heavy atom. The summed E-state index contributed by atoms with van der Waals surface area (Å²) in [5.74, 6) is 0. The van der Waals surface area contributed by atoms with Crippen molar-refractivity contribution in [1.29, 1.82) is 0 Å². The number of nitrogens with zero attached hydrogens (tertiary/aromatic N) is 2. The topological polar surface area (TPSA) is 51.8 Å². The van der Waals surface area contributed by atoms with Gasteiger partial charge in [-0.15, -0.1) is 0 Å². The third kappa shape index (κ3) is 3.57. The molecule has 5 heteroatoms. The van der Waals surface area contributed by atoms with Gasteiger partial charge in [0.2, 0.25) is 0 Å². The van der Waals surface area contributed by atoms with Gasteiger partial charge in [-0.3, -0.25) is 0 Å². The number of benzene rings is 1. The molecule has 106 valence electrons. The van der Waals surface area contributed by atoms with Gasteiger partial charge >= 0.3 is 0 Å². The Kier molecular flexibility index (Phi) is 5.13. The zero-order chi connectivity index (χ0) is 14.7. The molecule has 0 saturated carbocycles. The molecule has 2 N–H and O–H groups in total. The minimum absolute atomic E-state index is 0.127. The third-order valence-electron chi connectivity index (χ3n) is 3.22. The summed E-state index contributed by atoms with van der Waals surface area (Å²) in [6, 6.07) is 7.76. The van der Waals surface area contributed by atoms with E-state index in [0.717, 1.165) is 38.4 Å². The molecule has 20 heavy (non-hydrogen) atoms. The fraction of sp³-hybridized carbons (Fsp3) is 0.333. The maximum atomic E-state index is 6.34. The Bertz CT molecular complexity index is 616. The molecular weight excluding hydrogens is 338 g/mol. The van der Waals surface area contributed by atoms with E-state index >= 15 is 0 Å². The number of aryl methyl sites for hydroxylation is 2. The zero-order valence-corrected chi connectivity index (χ0v) is 13.9. The molecule has 0 amide bonds. The highest BCUT2D eigenvalue weighted by Crippen LogP contribution is 2.26. The fourth-order valence-electron chi connectivity index (χ4n) is 2.16. The van der Waals surface area contributed by atoms with Crippen LogP contribution in [0, 0.1) is 6.92 Å². The van der Waals surface area contributed by atoms with Crippen molar-refractivity contribution in [2.24, 2.45) is 5.73 Å². The summed E-state index contributed by atoms with van der Waals surface area (Å²) in [5.41, 5.74) is 10.3. The predicted molar refractivity (Wildman–Crippen MR) is 85.9 cm³/mol. The zero-order valence-electron chi connectivity index (χ0n) is 11.5. The van der Waals surface area contributed by atoms with Gasteiger partial charge in [0.1, 0.15) is 0 Å². The molecule has 1 atom stereocenters. The van der Waals surface area contributed by atoms with Crippen LogP contribution in [0.15, 0.2) is 28.7 Å². The molecular formula is C15H17BrClN3. The van der Waals surface area contributed by atoms with Crippen molar-refractivity contribution in [2.75, 3.05) is 0 Å². The summed E-state index contributed by atoms with van der Waals surface area (Å²) in [6.07, 6.45) is 1.51. The lowest BCUT2D eigenvalue weighted by atomic mass is 9.97. The van der Waals surface area contributed by atoms with Gasteiger partial charge < -0.3 is 5.73 Å². The lowest BCUT2D eigenvalue weighted by Gasteiger charge is -2.16. The van der Waals surface area contributed by atoms with Crippen molar-refractivity contribution >= 4 is 27.5 Å². The van der Waals surface area contributed by atoms with Crippen molar-refractivity contribution in [2.45, 2.75) is 32.7 Å². The van der Waals surface area contributed by atoms with Crippen LogP contribution >= 0.6 is 27.5 Å². The van der Waals surface area contributed by atoms with E-state index in [0.29, 0.717) is 6.42 Å². The van der Waals surface area contributed by atoms with Crippen LogP contribution in [-0.4, -0.2) is 10.2 Å². The van der Waals surface area contributed by atoms with Gasteiger partial charge in [0.05, 0.1) is 11.4 Å². The van der Waals surface area contributed by atoms with Crippen LogP contribution in [0.1, 0.15) is 35.5 Å². The monoisotopic (exact) mass is 353 g/mol. The van der Waals surface area contributed by atoms with Gasteiger partial charge in [-0.1, -0.05) is 40.5 Å².